The number of hydrogen-bond acceptors (Lipinski definition) is 4. The Bertz CT molecular complexity index is 497. The maximum atomic E-state index is 5.52. The lowest BCUT2D eigenvalue weighted by Crippen LogP contribution is -2.35. The van der Waals surface area contributed by atoms with Crippen LogP contribution in [0.15, 0.2) is 6.20 Å². The zero-order valence-electron chi connectivity index (χ0n) is 14.3. The van der Waals surface area contributed by atoms with Gasteiger partial charge in [-0.05, 0) is 45.1 Å². The number of aromatic nitrogens is 2. The van der Waals surface area contributed by atoms with Crippen molar-refractivity contribution in [2.45, 2.75) is 65.5 Å². The summed E-state index contributed by atoms with van der Waals surface area (Å²) in [4.78, 5) is 9.40. The van der Waals surface area contributed by atoms with Crippen LogP contribution in [0.4, 0.5) is 0 Å². The smallest absolute Gasteiger partial charge is 0.159 e. The van der Waals surface area contributed by atoms with Gasteiger partial charge in [0.2, 0.25) is 0 Å². The van der Waals surface area contributed by atoms with E-state index in [9.17, 15) is 0 Å². The van der Waals surface area contributed by atoms with Crippen molar-refractivity contribution in [3.05, 3.63) is 23.3 Å². The Labute approximate surface area is 128 Å². The molecule has 118 valence electrons. The number of hydrogen-bond donors (Lipinski definition) is 1. The van der Waals surface area contributed by atoms with Crippen molar-refractivity contribution >= 4 is 0 Å². The van der Waals surface area contributed by atoms with Crippen LogP contribution in [-0.2, 0) is 16.8 Å². The summed E-state index contributed by atoms with van der Waals surface area (Å²) in [6.07, 6.45) is 5.28. The van der Waals surface area contributed by atoms with Crippen molar-refractivity contribution in [1.29, 1.82) is 0 Å². The zero-order chi connectivity index (χ0) is 15.7. The molecule has 1 aliphatic carbocycles. The summed E-state index contributed by atoms with van der Waals surface area (Å²) in [5, 5.41) is 3.64. The van der Waals surface area contributed by atoms with E-state index in [2.05, 4.69) is 31.1 Å². The van der Waals surface area contributed by atoms with Crippen molar-refractivity contribution in [2.75, 3.05) is 13.7 Å². The summed E-state index contributed by atoms with van der Waals surface area (Å²) in [5.41, 5.74) is 2.26. The molecular weight excluding hydrogens is 262 g/mol. The molecule has 0 aliphatic heterocycles. The highest BCUT2D eigenvalue weighted by Gasteiger charge is 2.34. The van der Waals surface area contributed by atoms with E-state index < -0.39 is 5.60 Å². The SMILES string of the molecule is CCCNC1CC(C)(C)Cc2nc(C(C)(C)OC)ncc21. The summed E-state index contributed by atoms with van der Waals surface area (Å²) in [7, 11) is 1.71. The quantitative estimate of drug-likeness (QED) is 0.903. The largest absolute Gasteiger partial charge is 0.371 e. The number of methoxy groups -OCH3 is 1. The van der Waals surface area contributed by atoms with E-state index >= 15 is 0 Å². The van der Waals surface area contributed by atoms with E-state index in [1.165, 1.54) is 11.3 Å². The average Bonchev–Trinajstić information content (AvgIpc) is 2.42. The molecule has 0 aromatic carbocycles. The first-order chi connectivity index (χ1) is 9.79. The number of nitrogens with one attached hydrogen (secondary N) is 1. The van der Waals surface area contributed by atoms with Gasteiger partial charge in [-0.2, -0.15) is 0 Å². The molecule has 0 fully saturated rings. The fourth-order valence-electron chi connectivity index (χ4n) is 2.93. The normalized spacial score (nSPS) is 21.1. The molecule has 1 atom stereocenters. The molecule has 21 heavy (non-hydrogen) atoms. The Balaban J connectivity index is 2.37. The third kappa shape index (κ3) is 3.61. The first-order valence-corrected chi connectivity index (χ1v) is 7.94. The Morgan fingerprint density at radius 2 is 2.14 bits per heavy atom. The van der Waals surface area contributed by atoms with Gasteiger partial charge in [0.25, 0.3) is 0 Å². The van der Waals surface area contributed by atoms with Gasteiger partial charge in [-0.3, -0.25) is 0 Å². The monoisotopic (exact) mass is 291 g/mol. The van der Waals surface area contributed by atoms with Crippen molar-refractivity contribution in [1.82, 2.24) is 15.3 Å². The molecule has 2 rings (SSSR count). The topological polar surface area (TPSA) is 47.0 Å². The van der Waals surface area contributed by atoms with E-state index in [1.807, 2.05) is 20.0 Å². The molecule has 0 saturated carbocycles. The number of ether oxygens (including phenoxy) is 1. The fourth-order valence-corrected chi connectivity index (χ4v) is 2.93. The summed E-state index contributed by atoms with van der Waals surface area (Å²) in [5.74, 6) is 0.774. The minimum atomic E-state index is -0.442. The van der Waals surface area contributed by atoms with Gasteiger partial charge in [0.15, 0.2) is 5.82 Å². The molecule has 0 bridgehead atoms. The van der Waals surface area contributed by atoms with E-state index in [0.29, 0.717) is 6.04 Å². The molecule has 0 radical (unpaired) electrons. The average molecular weight is 291 g/mol. The first kappa shape index (κ1) is 16.4. The van der Waals surface area contributed by atoms with Gasteiger partial charge in [-0.25, -0.2) is 9.97 Å². The molecule has 4 nitrogen and oxygen atoms in total. The van der Waals surface area contributed by atoms with Crippen LogP contribution in [0.5, 0.6) is 0 Å². The molecule has 0 saturated heterocycles. The lowest BCUT2D eigenvalue weighted by atomic mass is 9.74. The maximum absolute atomic E-state index is 5.52. The number of rotatable bonds is 5. The van der Waals surface area contributed by atoms with Gasteiger partial charge in [-0.1, -0.05) is 20.8 Å². The van der Waals surface area contributed by atoms with Crippen LogP contribution in [0, 0.1) is 5.41 Å². The summed E-state index contributed by atoms with van der Waals surface area (Å²) < 4.78 is 5.52. The summed E-state index contributed by atoms with van der Waals surface area (Å²) >= 11 is 0. The van der Waals surface area contributed by atoms with E-state index in [4.69, 9.17) is 9.72 Å². The molecule has 1 aliphatic rings. The predicted molar refractivity (Wildman–Crippen MR) is 85.2 cm³/mol. The number of nitrogens with zero attached hydrogens (tertiary/aromatic N) is 2. The third-order valence-corrected chi connectivity index (χ3v) is 4.37. The van der Waals surface area contributed by atoms with Crippen LogP contribution in [0.1, 0.15) is 70.6 Å². The standard InChI is InChI=1S/C17H29N3O/c1-7-8-18-13-9-16(2,3)10-14-12(13)11-19-15(20-14)17(4,5)21-6/h11,13,18H,7-10H2,1-6H3. The molecule has 1 heterocycles. The highest BCUT2D eigenvalue weighted by atomic mass is 16.5. The third-order valence-electron chi connectivity index (χ3n) is 4.37. The van der Waals surface area contributed by atoms with Gasteiger partial charge in [0, 0.05) is 30.6 Å². The molecule has 0 amide bonds. The molecule has 4 heteroatoms. The maximum Gasteiger partial charge on any atom is 0.159 e. The van der Waals surface area contributed by atoms with Crippen LogP contribution in [0.25, 0.3) is 0 Å². The van der Waals surface area contributed by atoms with Crippen LogP contribution >= 0.6 is 0 Å². The summed E-state index contributed by atoms with van der Waals surface area (Å²) in [6, 6.07) is 0.364. The highest BCUT2D eigenvalue weighted by molar-refractivity contribution is 5.27. The van der Waals surface area contributed by atoms with Gasteiger partial charge in [-0.15, -0.1) is 0 Å². The van der Waals surface area contributed by atoms with E-state index in [1.54, 1.807) is 7.11 Å². The van der Waals surface area contributed by atoms with Crippen molar-refractivity contribution < 1.29 is 4.74 Å². The molecule has 1 aromatic heterocycles. The van der Waals surface area contributed by atoms with Crippen molar-refractivity contribution in [2.24, 2.45) is 5.41 Å². The second-order valence-electron chi connectivity index (χ2n) is 7.36. The molecule has 1 N–H and O–H groups in total. The van der Waals surface area contributed by atoms with E-state index in [-0.39, 0.29) is 5.41 Å². The van der Waals surface area contributed by atoms with Crippen molar-refractivity contribution in [3.63, 3.8) is 0 Å². The lowest BCUT2D eigenvalue weighted by molar-refractivity contribution is 0.0110. The van der Waals surface area contributed by atoms with Crippen LogP contribution in [0.3, 0.4) is 0 Å². The van der Waals surface area contributed by atoms with Crippen LogP contribution in [-0.4, -0.2) is 23.6 Å². The van der Waals surface area contributed by atoms with Gasteiger partial charge in [0.05, 0.1) is 0 Å². The van der Waals surface area contributed by atoms with Gasteiger partial charge >= 0.3 is 0 Å². The second kappa shape index (κ2) is 6.01. The lowest BCUT2D eigenvalue weighted by Gasteiger charge is -2.37. The minimum Gasteiger partial charge on any atom is -0.371 e. The summed E-state index contributed by atoms with van der Waals surface area (Å²) in [6.45, 7) is 11.9. The Morgan fingerprint density at radius 1 is 1.43 bits per heavy atom. The second-order valence-corrected chi connectivity index (χ2v) is 7.36. The minimum absolute atomic E-state index is 0.265. The van der Waals surface area contributed by atoms with Gasteiger partial charge in [0.1, 0.15) is 5.60 Å². The van der Waals surface area contributed by atoms with Gasteiger partial charge < -0.3 is 10.1 Å². The van der Waals surface area contributed by atoms with Crippen molar-refractivity contribution in [3.8, 4) is 0 Å². The number of fused-ring (bicyclic) bond motifs is 1. The Kier molecular flexibility index (Phi) is 4.69. The molecule has 1 aromatic rings. The highest BCUT2D eigenvalue weighted by Crippen LogP contribution is 2.40. The van der Waals surface area contributed by atoms with Crippen LogP contribution < -0.4 is 5.32 Å². The zero-order valence-corrected chi connectivity index (χ0v) is 14.3. The first-order valence-electron chi connectivity index (χ1n) is 7.94. The van der Waals surface area contributed by atoms with Crippen LogP contribution in [0.2, 0.25) is 0 Å². The molecular formula is C17H29N3O. The molecule has 0 spiro atoms. The predicted octanol–water partition coefficient (Wildman–Crippen LogP) is 3.37. The molecule has 1 unspecified atom stereocenters. The fraction of sp³-hybridized carbons (Fsp3) is 0.765. The Morgan fingerprint density at radius 3 is 2.76 bits per heavy atom. The Hall–Kier alpha value is -1.00. The van der Waals surface area contributed by atoms with E-state index in [0.717, 1.165) is 31.6 Å².